The third-order valence-electron chi connectivity index (χ3n) is 6.46. The van der Waals surface area contributed by atoms with Crippen molar-refractivity contribution in [1.82, 2.24) is 19.1 Å². The zero-order valence-electron chi connectivity index (χ0n) is 25.6. The summed E-state index contributed by atoms with van der Waals surface area (Å²) < 4.78 is 17.9. The molecule has 0 aliphatic carbocycles. The average molecular weight is 622 g/mol. The molecule has 4 rings (SSSR count). The number of rotatable bonds is 12. The SMILES string of the molecule is CO.COC(=O)CCOC(=O)c1cncn1[C@H](C)c1ccccc1.C[C@H](c1ccccc1)n1cncc1C(=O)OCCC(=O)[O-]. The molecule has 0 aliphatic rings. The number of aliphatic hydroxyl groups excluding tert-OH is 1. The predicted molar refractivity (Wildman–Crippen MR) is 160 cm³/mol. The van der Waals surface area contributed by atoms with Crippen LogP contribution in [-0.2, 0) is 23.8 Å². The minimum Gasteiger partial charge on any atom is -0.550 e. The Hall–Kier alpha value is -5.30. The Balaban J connectivity index is 0.000000297. The van der Waals surface area contributed by atoms with Crippen molar-refractivity contribution in [2.75, 3.05) is 27.4 Å². The van der Waals surface area contributed by atoms with Gasteiger partial charge >= 0.3 is 17.9 Å². The molecule has 2 atom stereocenters. The number of hydrogen-bond acceptors (Lipinski definition) is 11. The quantitative estimate of drug-likeness (QED) is 0.182. The molecule has 0 saturated heterocycles. The molecule has 1 N–H and O–H groups in total. The van der Waals surface area contributed by atoms with Gasteiger partial charge in [0.05, 0.1) is 57.3 Å². The summed E-state index contributed by atoms with van der Waals surface area (Å²) >= 11 is 0. The van der Waals surface area contributed by atoms with E-state index in [4.69, 9.17) is 14.6 Å². The molecular weight excluding hydrogens is 584 g/mol. The van der Waals surface area contributed by atoms with Crippen LogP contribution in [0.5, 0.6) is 0 Å². The largest absolute Gasteiger partial charge is 0.550 e. The van der Waals surface area contributed by atoms with Crippen LogP contribution in [0.4, 0.5) is 0 Å². The number of benzene rings is 2. The second-order valence-electron chi connectivity index (χ2n) is 9.27. The number of ether oxygens (including phenoxy) is 3. The van der Waals surface area contributed by atoms with E-state index < -0.39 is 23.9 Å². The van der Waals surface area contributed by atoms with Gasteiger partial charge in [0.15, 0.2) is 0 Å². The molecule has 0 radical (unpaired) electrons. The zero-order chi connectivity index (χ0) is 33.2. The Morgan fingerprint density at radius 1 is 0.733 bits per heavy atom. The van der Waals surface area contributed by atoms with Gasteiger partial charge in [-0.1, -0.05) is 60.7 Å². The zero-order valence-corrected chi connectivity index (χ0v) is 25.6. The molecule has 13 heteroatoms. The Kier molecular flexibility index (Phi) is 15.2. The summed E-state index contributed by atoms with van der Waals surface area (Å²) in [5.74, 6) is -2.78. The van der Waals surface area contributed by atoms with E-state index in [0.717, 1.165) is 18.2 Å². The highest BCUT2D eigenvalue weighted by atomic mass is 16.5. The Labute approximate surface area is 261 Å². The lowest BCUT2D eigenvalue weighted by Crippen LogP contribution is -2.24. The lowest BCUT2D eigenvalue weighted by Gasteiger charge is -2.16. The third-order valence-corrected chi connectivity index (χ3v) is 6.46. The summed E-state index contributed by atoms with van der Waals surface area (Å²) in [4.78, 5) is 53.3. The normalized spacial score (nSPS) is 11.4. The molecule has 0 fully saturated rings. The first-order chi connectivity index (χ1) is 21.7. The molecule has 4 aromatic rings. The molecule has 0 saturated carbocycles. The van der Waals surface area contributed by atoms with Crippen LogP contribution < -0.4 is 5.11 Å². The summed E-state index contributed by atoms with van der Waals surface area (Å²) in [6.45, 7) is 3.68. The molecular formula is C32H37N4O9-. The molecule has 0 amide bonds. The van der Waals surface area contributed by atoms with Crippen molar-refractivity contribution in [3.63, 3.8) is 0 Å². The molecule has 240 valence electrons. The van der Waals surface area contributed by atoms with Gasteiger partial charge in [-0.25, -0.2) is 19.6 Å². The molecule has 13 nitrogen and oxygen atoms in total. The number of carboxylic acids is 1. The van der Waals surface area contributed by atoms with E-state index in [0.29, 0.717) is 5.69 Å². The average Bonchev–Trinajstić information content (AvgIpc) is 3.77. The minimum atomic E-state index is -1.26. The summed E-state index contributed by atoms with van der Waals surface area (Å²) in [7, 11) is 2.29. The number of imidazole rings is 2. The maximum atomic E-state index is 12.1. The van der Waals surface area contributed by atoms with Crippen LogP contribution in [0, 0.1) is 0 Å². The molecule has 45 heavy (non-hydrogen) atoms. The molecule has 0 unspecified atom stereocenters. The van der Waals surface area contributed by atoms with Crippen LogP contribution in [0.1, 0.15) is 70.9 Å². The van der Waals surface area contributed by atoms with Gasteiger partial charge < -0.3 is 38.4 Å². The highest BCUT2D eigenvalue weighted by Gasteiger charge is 2.19. The number of aromatic nitrogens is 4. The van der Waals surface area contributed by atoms with Gasteiger partial charge in [0, 0.05) is 19.5 Å². The topological polar surface area (TPSA) is 175 Å². The number of carbonyl (C=O) groups is 4. The highest BCUT2D eigenvalue weighted by Crippen LogP contribution is 2.21. The van der Waals surface area contributed by atoms with Crippen LogP contribution in [-0.4, -0.2) is 75.5 Å². The van der Waals surface area contributed by atoms with Crippen molar-refractivity contribution < 1.29 is 43.6 Å². The van der Waals surface area contributed by atoms with Crippen molar-refractivity contribution >= 4 is 23.9 Å². The molecule has 2 heterocycles. The van der Waals surface area contributed by atoms with E-state index in [1.807, 2.05) is 74.5 Å². The molecule has 0 bridgehead atoms. The number of aliphatic carboxylic acids is 1. The summed E-state index contributed by atoms with van der Waals surface area (Å²) in [5.41, 5.74) is 2.72. The first-order valence-electron chi connectivity index (χ1n) is 13.9. The smallest absolute Gasteiger partial charge is 0.356 e. The van der Waals surface area contributed by atoms with Crippen LogP contribution in [0.15, 0.2) is 85.7 Å². The summed E-state index contributed by atoms with van der Waals surface area (Å²) in [6.07, 6.45) is 5.71. The number of carbonyl (C=O) groups excluding carboxylic acids is 4. The molecule has 0 spiro atoms. The van der Waals surface area contributed by atoms with Gasteiger partial charge in [-0.2, -0.15) is 0 Å². The lowest BCUT2D eigenvalue weighted by atomic mass is 10.1. The van der Waals surface area contributed by atoms with E-state index in [2.05, 4.69) is 14.7 Å². The van der Waals surface area contributed by atoms with E-state index >= 15 is 0 Å². The monoisotopic (exact) mass is 621 g/mol. The van der Waals surface area contributed by atoms with Crippen LogP contribution >= 0.6 is 0 Å². The third kappa shape index (κ3) is 11.0. The van der Waals surface area contributed by atoms with Crippen LogP contribution in [0.3, 0.4) is 0 Å². The Morgan fingerprint density at radius 3 is 1.51 bits per heavy atom. The van der Waals surface area contributed by atoms with Crippen LogP contribution in [0.25, 0.3) is 0 Å². The van der Waals surface area contributed by atoms with Crippen molar-refractivity contribution in [2.45, 2.75) is 38.8 Å². The van der Waals surface area contributed by atoms with Crippen molar-refractivity contribution in [2.24, 2.45) is 0 Å². The summed E-state index contributed by atoms with van der Waals surface area (Å²) in [6, 6.07) is 19.3. The van der Waals surface area contributed by atoms with Gasteiger partial charge in [-0.3, -0.25) is 4.79 Å². The number of esters is 3. The standard InChI is InChI=1S/C16H18N2O4.C15H16N2O4.CH4O/c1-12(13-6-4-3-5-7-13)18-11-17-10-14(18)16(20)22-9-8-15(19)21-2;1-11(12-5-3-2-4-6-12)17-10-16-9-13(17)15(20)21-8-7-14(18)19;1-2/h3-7,10-12H,8-9H2,1-2H3;2-6,9-11H,7-8H2,1H3,(H,18,19);2H,1H3/p-1/t12-;11-;/m11./s1. The summed E-state index contributed by atoms with van der Waals surface area (Å²) in [5, 5.41) is 17.3. The number of aliphatic hydroxyl groups is 1. The fourth-order valence-corrected chi connectivity index (χ4v) is 4.03. The van der Waals surface area contributed by atoms with Crippen molar-refractivity contribution in [3.05, 3.63) is 108 Å². The van der Waals surface area contributed by atoms with E-state index in [1.165, 1.54) is 19.5 Å². The van der Waals surface area contributed by atoms with Crippen LogP contribution in [0.2, 0.25) is 0 Å². The van der Waals surface area contributed by atoms with E-state index in [-0.39, 0.29) is 43.8 Å². The molecule has 2 aromatic heterocycles. The maximum Gasteiger partial charge on any atom is 0.356 e. The van der Waals surface area contributed by atoms with Gasteiger partial charge in [0.2, 0.25) is 0 Å². The van der Waals surface area contributed by atoms with Crippen molar-refractivity contribution in [1.29, 1.82) is 0 Å². The fraction of sp³-hybridized carbons (Fsp3) is 0.312. The highest BCUT2D eigenvalue weighted by molar-refractivity contribution is 5.88. The number of hydrogen-bond donors (Lipinski definition) is 1. The fourth-order valence-electron chi connectivity index (χ4n) is 4.03. The second kappa shape index (κ2) is 19.1. The second-order valence-corrected chi connectivity index (χ2v) is 9.27. The molecule has 0 aliphatic heterocycles. The van der Waals surface area contributed by atoms with Gasteiger partial charge in [-0.05, 0) is 25.0 Å². The Bertz CT molecular complexity index is 1490. The first-order valence-corrected chi connectivity index (χ1v) is 13.9. The maximum absolute atomic E-state index is 12.1. The minimum absolute atomic E-state index is 0.0175. The van der Waals surface area contributed by atoms with E-state index in [9.17, 15) is 24.3 Å². The first kappa shape index (κ1) is 35.9. The van der Waals surface area contributed by atoms with E-state index in [1.54, 1.807) is 21.8 Å². The lowest BCUT2D eigenvalue weighted by molar-refractivity contribution is -0.306. The molecule has 2 aromatic carbocycles. The van der Waals surface area contributed by atoms with Gasteiger partial charge in [-0.15, -0.1) is 0 Å². The number of nitrogens with zero attached hydrogens (tertiary/aromatic N) is 4. The number of carboxylic acid groups (broad SMARTS) is 1. The van der Waals surface area contributed by atoms with Gasteiger partial charge in [0.25, 0.3) is 0 Å². The van der Waals surface area contributed by atoms with Gasteiger partial charge in [0.1, 0.15) is 18.0 Å². The number of methoxy groups -OCH3 is 1. The predicted octanol–water partition coefficient (Wildman–Crippen LogP) is 2.61. The Morgan fingerprint density at radius 2 is 1.13 bits per heavy atom. The van der Waals surface area contributed by atoms with Crippen molar-refractivity contribution in [3.8, 4) is 0 Å².